The van der Waals surface area contributed by atoms with Crippen molar-refractivity contribution in [2.24, 2.45) is 11.8 Å². The number of hydrogen-bond acceptors (Lipinski definition) is 4. The Kier molecular flexibility index (Phi) is 3.25. The number of piperidine rings is 1. The van der Waals surface area contributed by atoms with Gasteiger partial charge in [0.05, 0.1) is 11.6 Å². The van der Waals surface area contributed by atoms with E-state index in [9.17, 15) is 14.4 Å². The molecule has 2 aromatic rings. The van der Waals surface area contributed by atoms with Crippen molar-refractivity contribution in [2.45, 2.75) is 18.2 Å². The van der Waals surface area contributed by atoms with E-state index in [1.807, 2.05) is 18.2 Å². The van der Waals surface area contributed by atoms with Gasteiger partial charge in [0.2, 0.25) is 11.8 Å². The average molecular weight is 427 g/mol. The second-order valence-corrected chi connectivity index (χ2v) is 8.13. The number of imide groups is 1. The Hall–Kier alpha value is -2.51. The highest BCUT2D eigenvalue weighted by Crippen LogP contribution is 2.59. The fourth-order valence-corrected chi connectivity index (χ4v) is 4.94. The summed E-state index contributed by atoms with van der Waals surface area (Å²) in [5.74, 6) is -2.81. The molecule has 6 nitrogen and oxygen atoms in total. The van der Waals surface area contributed by atoms with Crippen molar-refractivity contribution in [3.63, 3.8) is 0 Å². The minimum absolute atomic E-state index is 0.361. The zero-order valence-corrected chi connectivity index (χ0v) is 15.9. The second kappa shape index (κ2) is 5.27. The first-order chi connectivity index (χ1) is 12.9. The van der Waals surface area contributed by atoms with Gasteiger partial charge in [-0.15, -0.1) is 0 Å². The Morgan fingerprint density at radius 3 is 2.41 bits per heavy atom. The summed E-state index contributed by atoms with van der Waals surface area (Å²) in [6.07, 6.45) is 0. The third kappa shape index (κ3) is 1.96. The van der Waals surface area contributed by atoms with E-state index in [1.165, 1.54) is 4.90 Å². The van der Waals surface area contributed by atoms with Crippen LogP contribution in [0.3, 0.4) is 0 Å². The normalized spacial score (nSPS) is 34.1. The summed E-state index contributed by atoms with van der Waals surface area (Å²) >= 11 is 3.42. The number of anilines is 1. The van der Waals surface area contributed by atoms with Crippen molar-refractivity contribution in [1.29, 1.82) is 0 Å². The third-order valence-electron chi connectivity index (χ3n) is 5.73. The monoisotopic (exact) mass is 426 g/mol. The number of nitrogens with one attached hydrogen (secondary N) is 1. The van der Waals surface area contributed by atoms with Crippen LogP contribution in [0.15, 0.2) is 59.1 Å². The van der Waals surface area contributed by atoms with Crippen LogP contribution >= 0.6 is 15.9 Å². The Morgan fingerprint density at radius 1 is 1.00 bits per heavy atom. The number of amides is 3. The molecule has 0 spiro atoms. The van der Waals surface area contributed by atoms with Crippen LogP contribution in [-0.2, 0) is 24.8 Å². The smallest absolute Gasteiger partial charge is 0.255 e. The van der Waals surface area contributed by atoms with E-state index in [-0.39, 0.29) is 11.8 Å². The van der Waals surface area contributed by atoms with Gasteiger partial charge in [-0.3, -0.25) is 14.4 Å². The number of halogens is 1. The molecule has 0 aromatic heterocycles. The summed E-state index contributed by atoms with van der Waals surface area (Å²) in [7, 11) is 0. The Morgan fingerprint density at radius 2 is 1.70 bits per heavy atom. The van der Waals surface area contributed by atoms with E-state index >= 15 is 0 Å². The van der Waals surface area contributed by atoms with Gasteiger partial charge in [-0.2, -0.15) is 0 Å². The second-order valence-electron chi connectivity index (χ2n) is 7.21. The predicted molar refractivity (Wildman–Crippen MR) is 99.4 cm³/mol. The first kappa shape index (κ1) is 16.6. The molecule has 2 bridgehead atoms. The minimum atomic E-state index is -1.39. The number of hydrogen-bond donors (Lipinski definition) is 1. The van der Waals surface area contributed by atoms with Crippen LogP contribution in [0.25, 0.3) is 0 Å². The van der Waals surface area contributed by atoms with E-state index < -0.39 is 29.1 Å². The first-order valence-electron chi connectivity index (χ1n) is 8.60. The maximum atomic E-state index is 13.4. The maximum Gasteiger partial charge on any atom is 0.255 e. The molecule has 3 heterocycles. The number of ether oxygens (including phenoxy) is 1. The number of rotatable bonds is 2. The fourth-order valence-electron chi connectivity index (χ4n) is 4.54. The van der Waals surface area contributed by atoms with Crippen LogP contribution in [0.1, 0.15) is 12.5 Å². The molecule has 3 amide bonds. The van der Waals surface area contributed by atoms with Crippen LogP contribution in [-0.4, -0.2) is 23.3 Å². The number of fused-ring (bicyclic) bond motifs is 5. The molecular weight excluding hydrogens is 412 g/mol. The van der Waals surface area contributed by atoms with Crippen LogP contribution in [0.4, 0.5) is 5.69 Å². The van der Waals surface area contributed by atoms with Crippen molar-refractivity contribution < 1.29 is 19.1 Å². The van der Waals surface area contributed by atoms with Crippen molar-refractivity contribution in [1.82, 2.24) is 5.32 Å². The predicted octanol–water partition coefficient (Wildman–Crippen LogP) is 2.33. The molecule has 4 atom stereocenters. The van der Waals surface area contributed by atoms with Crippen molar-refractivity contribution in [3.8, 4) is 0 Å². The Labute approximate surface area is 163 Å². The van der Waals surface area contributed by atoms with E-state index in [2.05, 4.69) is 21.2 Å². The lowest BCUT2D eigenvalue weighted by atomic mass is 9.74. The van der Waals surface area contributed by atoms with E-state index in [0.29, 0.717) is 11.3 Å². The summed E-state index contributed by atoms with van der Waals surface area (Å²) in [6.45, 7) is 1.59. The van der Waals surface area contributed by atoms with Gasteiger partial charge >= 0.3 is 0 Å². The highest BCUT2D eigenvalue weighted by Gasteiger charge is 2.78. The van der Waals surface area contributed by atoms with Crippen LogP contribution in [0.5, 0.6) is 0 Å². The molecule has 0 aliphatic carbocycles. The van der Waals surface area contributed by atoms with Crippen LogP contribution in [0.2, 0.25) is 0 Å². The molecule has 0 radical (unpaired) electrons. The molecule has 3 fully saturated rings. The maximum absolute atomic E-state index is 13.4. The molecule has 5 rings (SSSR count). The lowest BCUT2D eigenvalue weighted by molar-refractivity contribution is -0.140. The lowest BCUT2D eigenvalue weighted by Crippen LogP contribution is -2.55. The minimum Gasteiger partial charge on any atom is -0.334 e. The number of carbonyl (C=O) groups excluding carboxylic acids is 3. The molecule has 0 unspecified atom stereocenters. The van der Waals surface area contributed by atoms with Gasteiger partial charge in [0.1, 0.15) is 5.92 Å². The summed E-state index contributed by atoms with van der Waals surface area (Å²) in [5, 5.41) is 2.86. The van der Waals surface area contributed by atoms with E-state index in [4.69, 9.17) is 4.74 Å². The standard InChI is InChI=1S/C20H15BrN2O4/c1-19-14-15(17(25)23(16(14)24)13-8-3-2-4-9-13)20(27-19,22-18(19)26)11-6-5-7-12(21)10-11/h2-10,14-15H,1H3,(H,22,26)/t14-,15+,19-,20+/m1/s1. The SMILES string of the molecule is C[C@]12O[C@](c3cccc(Br)c3)(NC1=O)[C@@H]1C(=O)N(c3ccccc3)C(=O)[C@@H]12. The topological polar surface area (TPSA) is 75.7 Å². The highest BCUT2D eigenvalue weighted by molar-refractivity contribution is 9.10. The first-order valence-corrected chi connectivity index (χ1v) is 9.39. The zero-order valence-electron chi connectivity index (χ0n) is 14.3. The molecule has 2 aromatic carbocycles. The Balaban J connectivity index is 1.69. The lowest BCUT2D eigenvalue weighted by Gasteiger charge is -2.32. The quantitative estimate of drug-likeness (QED) is 0.747. The number of carbonyl (C=O) groups is 3. The third-order valence-corrected chi connectivity index (χ3v) is 6.22. The summed E-state index contributed by atoms with van der Waals surface area (Å²) in [5.41, 5.74) is -1.60. The summed E-state index contributed by atoms with van der Waals surface area (Å²) < 4.78 is 6.94. The van der Waals surface area contributed by atoms with Gasteiger partial charge in [0, 0.05) is 10.0 Å². The number of nitrogens with zero attached hydrogens (tertiary/aromatic N) is 1. The van der Waals surface area contributed by atoms with Gasteiger partial charge in [-0.25, -0.2) is 4.90 Å². The fraction of sp³-hybridized carbons (Fsp3) is 0.250. The van der Waals surface area contributed by atoms with Gasteiger partial charge < -0.3 is 10.1 Å². The van der Waals surface area contributed by atoms with E-state index in [0.717, 1.165) is 4.47 Å². The molecule has 27 heavy (non-hydrogen) atoms. The van der Waals surface area contributed by atoms with Crippen LogP contribution < -0.4 is 10.2 Å². The molecule has 3 aliphatic heterocycles. The molecule has 1 N–H and O–H groups in total. The van der Waals surface area contributed by atoms with Gasteiger partial charge in [0.25, 0.3) is 5.91 Å². The molecule has 7 heteroatoms. The van der Waals surface area contributed by atoms with Crippen molar-refractivity contribution in [3.05, 3.63) is 64.6 Å². The van der Waals surface area contributed by atoms with Crippen LogP contribution in [0, 0.1) is 11.8 Å². The van der Waals surface area contributed by atoms with Crippen molar-refractivity contribution in [2.75, 3.05) is 4.90 Å². The largest absolute Gasteiger partial charge is 0.334 e. The molecule has 3 aliphatic rings. The van der Waals surface area contributed by atoms with Crippen molar-refractivity contribution >= 4 is 39.3 Å². The average Bonchev–Trinajstić information content (AvgIpc) is 3.19. The van der Waals surface area contributed by atoms with Gasteiger partial charge in [-0.05, 0) is 31.2 Å². The molecule has 3 saturated heterocycles. The Bertz CT molecular complexity index is 1010. The summed E-state index contributed by atoms with van der Waals surface area (Å²) in [6, 6.07) is 16.0. The van der Waals surface area contributed by atoms with Gasteiger partial charge in [0.15, 0.2) is 11.3 Å². The molecule has 0 saturated carbocycles. The number of para-hydroxylation sites is 1. The van der Waals surface area contributed by atoms with E-state index in [1.54, 1.807) is 43.3 Å². The highest BCUT2D eigenvalue weighted by atomic mass is 79.9. The molecule has 136 valence electrons. The summed E-state index contributed by atoms with van der Waals surface area (Å²) in [4.78, 5) is 40.5. The molecular formula is C20H15BrN2O4. The van der Waals surface area contributed by atoms with Gasteiger partial charge in [-0.1, -0.05) is 46.3 Å². The zero-order chi connectivity index (χ0) is 19.0. The number of benzene rings is 2.